The van der Waals surface area contributed by atoms with Crippen molar-refractivity contribution < 1.29 is 18.4 Å². The summed E-state index contributed by atoms with van der Waals surface area (Å²) in [6.07, 6.45) is 4.17. The van der Waals surface area contributed by atoms with Gasteiger partial charge in [0.1, 0.15) is 11.6 Å². The molecule has 2 fully saturated rings. The maximum Gasteiger partial charge on any atom is 0.236 e. The van der Waals surface area contributed by atoms with Crippen LogP contribution < -0.4 is 16.0 Å². The zero-order valence-electron chi connectivity index (χ0n) is 33.6. The number of nitrogens with zero attached hydrogens (tertiary/aromatic N) is 7. The number of nitrogens with two attached hydrogens (primary N) is 1. The van der Waals surface area contributed by atoms with Gasteiger partial charge in [0.25, 0.3) is 0 Å². The van der Waals surface area contributed by atoms with E-state index in [1.54, 1.807) is 42.7 Å². The Bertz CT molecular complexity index is 2820. The number of aromatic amines is 2. The lowest BCUT2D eigenvalue weighted by molar-refractivity contribution is -0.132. The third-order valence-electron chi connectivity index (χ3n) is 11.3. The van der Waals surface area contributed by atoms with Crippen LogP contribution in [-0.4, -0.2) is 97.8 Å². The quantitative estimate of drug-likeness (QED) is 0.114. The molecule has 0 unspecified atom stereocenters. The Morgan fingerprint density at radius 1 is 0.694 bits per heavy atom. The van der Waals surface area contributed by atoms with Gasteiger partial charge < -0.3 is 20.9 Å². The van der Waals surface area contributed by atoms with Gasteiger partial charge in [0.15, 0.2) is 5.82 Å². The van der Waals surface area contributed by atoms with Crippen LogP contribution in [0.3, 0.4) is 0 Å². The number of halogens is 2. The summed E-state index contributed by atoms with van der Waals surface area (Å²) in [6.45, 7) is 4.43. The number of hydrogen-bond acceptors (Lipinski definition) is 9. The predicted octanol–water partition coefficient (Wildman–Crippen LogP) is 7.39. The maximum atomic E-state index is 13.4. The summed E-state index contributed by atoms with van der Waals surface area (Å²) in [5, 5.41) is 19.4. The molecule has 5 aromatic carbocycles. The SMILES string of the molecule is Nc1ccc2[nH]nc(-c3ccc(F)cc3)c2c1.O=C(Nc1ccc2[nH]nc(-c3ccc(F)cc3)c2c1)[C@@H]1CCN(CC(=O)N2CCN(c3ccc(-c4ncccn4)cc3)CC2)C1. The number of likely N-dealkylation sites (tertiary alicyclic amines) is 1. The Hall–Kier alpha value is -7.52. The van der Waals surface area contributed by atoms with Gasteiger partial charge in [0, 0.05) is 89.6 Å². The second-order valence-corrected chi connectivity index (χ2v) is 15.4. The van der Waals surface area contributed by atoms with Crippen LogP contribution in [0.2, 0.25) is 0 Å². The van der Waals surface area contributed by atoms with Crippen molar-refractivity contribution in [3.63, 3.8) is 0 Å². The van der Waals surface area contributed by atoms with Gasteiger partial charge in [-0.25, -0.2) is 18.7 Å². The summed E-state index contributed by atoms with van der Waals surface area (Å²) in [5.41, 5.74) is 14.1. The molecule has 2 saturated heterocycles. The number of nitrogen functional groups attached to an aromatic ring is 1. The molecule has 2 aliphatic heterocycles. The van der Waals surface area contributed by atoms with Crippen LogP contribution in [0.1, 0.15) is 6.42 Å². The summed E-state index contributed by atoms with van der Waals surface area (Å²) in [4.78, 5) is 41.2. The van der Waals surface area contributed by atoms with Crippen molar-refractivity contribution in [3.8, 4) is 33.9 Å². The minimum absolute atomic E-state index is 0.0606. The van der Waals surface area contributed by atoms with Crippen LogP contribution in [-0.2, 0) is 9.59 Å². The van der Waals surface area contributed by atoms with Crippen LogP contribution >= 0.6 is 0 Å². The Morgan fingerprint density at radius 3 is 1.90 bits per heavy atom. The van der Waals surface area contributed by atoms with E-state index in [0.717, 1.165) is 63.0 Å². The molecule has 1 atom stereocenters. The lowest BCUT2D eigenvalue weighted by atomic mass is 10.1. The third kappa shape index (κ3) is 8.83. The molecule has 3 aromatic heterocycles. The molecule has 2 amide bonds. The highest BCUT2D eigenvalue weighted by atomic mass is 19.1. The summed E-state index contributed by atoms with van der Waals surface area (Å²) >= 11 is 0. The monoisotopic (exact) mass is 831 g/mol. The highest BCUT2D eigenvalue weighted by molar-refractivity contribution is 5.99. The highest BCUT2D eigenvalue weighted by Gasteiger charge is 2.31. The molecular formula is C47H43F2N11O2. The molecule has 62 heavy (non-hydrogen) atoms. The fraction of sp³-hybridized carbons (Fsp3) is 0.191. The number of rotatable bonds is 8. The summed E-state index contributed by atoms with van der Waals surface area (Å²) < 4.78 is 26.3. The molecule has 0 radical (unpaired) electrons. The summed E-state index contributed by atoms with van der Waals surface area (Å²) in [5.74, 6) is -0.0165. The van der Waals surface area contributed by atoms with Gasteiger partial charge in [0.05, 0.1) is 34.9 Å². The normalized spacial score (nSPS) is 15.4. The van der Waals surface area contributed by atoms with Crippen molar-refractivity contribution in [1.82, 2.24) is 40.2 Å². The van der Waals surface area contributed by atoms with Crippen molar-refractivity contribution >= 4 is 50.7 Å². The zero-order valence-corrected chi connectivity index (χ0v) is 33.6. The number of benzene rings is 5. The Labute approximate surface area is 355 Å². The van der Waals surface area contributed by atoms with Crippen LogP contribution in [0.5, 0.6) is 0 Å². The van der Waals surface area contributed by atoms with Gasteiger partial charge >= 0.3 is 0 Å². The third-order valence-corrected chi connectivity index (χ3v) is 11.3. The molecule has 0 aliphatic carbocycles. The molecule has 5 N–H and O–H groups in total. The average molecular weight is 832 g/mol. The number of nitrogens with one attached hydrogen (secondary N) is 3. The standard InChI is InChI=1S/C34H33FN8O2.C13H10FN3/c35-26-6-2-23(3-7-26)32-29-20-27(8-11-30(29)39-40-32)38-34(45)25-12-15-41(21-25)22-31(44)43-18-16-42(17-19-43)28-9-4-24(5-10-28)33-36-13-1-14-37-33;14-9-3-1-8(2-4-9)13-11-7-10(15)5-6-12(11)16-17-13/h1-11,13-14,20,25H,12,15-19,21-22H2,(H,38,45)(H,39,40);1-7H,15H2,(H,16,17)/t25-;/m1./s1. The largest absolute Gasteiger partial charge is 0.399 e. The smallest absolute Gasteiger partial charge is 0.236 e. The molecule has 8 aromatic rings. The molecule has 5 heterocycles. The van der Waals surface area contributed by atoms with Crippen LogP contribution in [0.15, 0.2) is 128 Å². The lowest BCUT2D eigenvalue weighted by Gasteiger charge is -2.36. The lowest BCUT2D eigenvalue weighted by Crippen LogP contribution is -2.51. The number of amides is 2. The topological polar surface area (TPSA) is 165 Å². The van der Waals surface area contributed by atoms with Gasteiger partial charge in [-0.1, -0.05) is 0 Å². The van der Waals surface area contributed by atoms with Crippen LogP contribution in [0.25, 0.3) is 55.7 Å². The summed E-state index contributed by atoms with van der Waals surface area (Å²) in [7, 11) is 0. The fourth-order valence-corrected chi connectivity index (χ4v) is 7.99. The number of fused-ring (bicyclic) bond motifs is 2. The number of piperazine rings is 1. The van der Waals surface area contributed by atoms with E-state index in [4.69, 9.17) is 5.73 Å². The number of hydrogen-bond donors (Lipinski definition) is 4. The Balaban J connectivity index is 0.000000240. The van der Waals surface area contributed by atoms with E-state index in [1.165, 1.54) is 24.3 Å². The summed E-state index contributed by atoms with van der Waals surface area (Å²) in [6, 6.07) is 33.6. The first-order valence-corrected chi connectivity index (χ1v) is 20.4. The number of carbonyl (C=O) groups is 2. The first-order valence-electron chi connectivity index (χ1n) is 20.4. The molecule has 0 spiro atoms. The van der Waals surface area contributed by atoms with E-state index >= 15 is 0 Å². The van der Waals surface area contributed by atoms with E-state index in [-0.39, 0.29) is 29.4 Å². The maximum absolute atomic E-state index is 13.4. The second kappa shape index (κ2) is 17.6. The molecule has 0 saturated carbocycles. The zero-order chi connectivity index (χ0) is 42.6. The highest BCUT2D eigenvalue weighted by Crippen LogP contribution is 2.30. The van der Waals surface area contributed by atoms with Gasteiger partial charge in [-0.3, -0.25) is 24.7 Å². The number of H-pyrrole nitrogens is 2. The molecular weight excluding hydrogens is 789 g/mol. The van der Waals surface area contributed by atoms with Gasteiger partial charge in [-0.15, -0.1) is 0 Å². The fourth-order valence-electron chi connectivity index (χ4n) is 7.99. The van der Waals surface area contributed by atoms with Crippen LogP contribution in [0, 0.1) is 17.6 Å². The van der Waals surface area contributed by atoms with E-state index in [0.29, 0.717) is 62.0 Å². The minimum Gasteiger partial charge on any atom is -0.399 e. The van der Waals surface area contributed by atoms with E-state index < -0.39 is 0 Å². The molecule has 0 bridgehead atoms. The molecule has 10 rings (SSSR count). The number of carbonyl (C=O) groups excluding carboxylic acids is 2. The molecule has 13 nitrogen and oxygen atoms in total. The van der Waals surface area contributed by atoms with E-state index in [2.05, 4.69) is 57.6 Å². The minimum atomic E-state index is -0.306. The molecule has 15 heteroatoms. The van der Waals surface area contributed by atoms with Gasteiger partial charge in [0.2, 0.25) is 11.8 Å². The van der Waals surface area contributed by atoms with Crippen molar-refractivity contribution in [2.24, 2.45) is 5.92 Å². The van der Waals surface area contributed by atoms with E-state index in [9.17, 15) is 18.4 Å². The van der Waals surface area contributed by atoms with Gasteiger partial charge in [-0.2, -0.15) is 10.2 Å². The van der Waals surface area contributed by atoms with Crippen molar-refractivity contribution in [2.75, 3.05) is 61.8 Å². The first kappa shape index (κ1) is 39.9. The second-order valence-electron chi connectivity index (χ2n) is 15.4. The number of aromatic nitrogens is 6. The van der Waals surface area contributed by atoms with Crippen molar-refractivity contribution in [1.29, 1.82) is 0 Å². The van der Waals surface area contributed by atoms with E-state index in [1.807, 2.05) is 53.4 Å². The number of anilines is 3. The van der Waals surface area contributed by atoms with Crippen molar-refractivity contribution in [2.45, 2.75) is 6.42 Å². The average Bonchev–Trinajstić information content (AvgIpc) is 4.07. The van der Waals surface area contributed by atoms with Crippen LogP contribution in [0.4, 0.5) is 25.8 Å². The Morgan fingerprint density at radius 2 is 1.27 bits per heavy atom. The van der Waals surface area contributed by atoms with Gasteiger partial charge in [-0.05, 0) is 128 Å². The molecule has 312 valence electrons. The molecule has 2 aliphatic rings. The van der Waals surface area contributed by atoms with Crippen molar-refractivity contribution in [3.05, 3.63) is 139 Å². The predicted molar refractivity (Wildman–Crippen MR) is 237 cm³/mol. The Kier molecular flexibility index (Phi) is 11.3. The first-order chi connectivity index (χ1) is 30.2.